The van der Waals surface area contributed by atoms with E-state index in [0.29, 0.717) is 18.8 Å². The molecule has 1 unspecified atom stereocenters. The van der Waals surface area contributed by atoms with Crippen molar-refractivity contribution in [1.82, 2.24) is 10.6 Å². The number of benzene rings is 2. The summed E-state index contributed by atoms with van der Waals surface area (Å²) in [5, 5.41) is 6.62. The molecular weight excluding hydrogens is 366 g/mol. The van der Waals surface area contributed by atoms with Crippen molar-refractivity contribution in [2.75, 3.05) is 25.4 Å². The Morgan fingerprint density at radius 1 is 0.964 bits per heavy atom. The Hall–Kier alpha value is -2.14. The molecule has 2 aromatic rings. The van der Waals surface area contributed by atoms with E-state index >= 15 is 0 Å². The average molecular weight is 400 g/mol. The fourth-order valence-corrected chi connectivity index (χ4v) is 3.77. The lowest BCUT2D eigenvalue weighted by Crippen LogP contribution is -2.40. The molecule has 0 heterocycles. The van der Waals surface area contributed by atoms with E-state index in [1.165, 1.54) is 11.1 Å². The highest BCUT2D eigenvalue weighted by atomic mass is 32.2. The van der Waals surface area contributed by atoms with Crippen LogP contribution in [-0.4, -0.2) is 40.3 Å². The zero-order chi connectivity index (χ0) is 20.4. The normalized spacial score (nSPS) is 13.4. The van der Waals surface area contributed by atoms with E-state index in [9.17, 15) is 4.21 Å². The van der Waals surface area contributed by atoms with Crippen molar-refractivity contribution in [2.24, 2.45) is 4.99 Å². The summed E-state index contributed by atoms with van der Waals surface area (Å²) in [7, 11) is -0.875. The molecule has 0 spiro atoms. The zero-order valence-corrected chi connectivity index (χ0v) is 18.3. The number of nitrogens with zero attached hydrogens (tertiary/aromatic N) is 1. The van der Waals surface area contributed by atoms with Crippen molar-refractivity contribution in [3.05, 3.63) is 71.8 Å². The smallest absolute Gasteiger partial charge is 0.191 e. The van der Waals surface area contributed by atoms with Gasteiger partial charge in [-0.15, -0.1) is 0 Å². The highest BCUT2D eigenvalue weighted by Crippen LogP contribution is 2.24. The van der Waals surface area contributed by atoms with Gasteiger partial charge in [-0.2, -0.15) is 0 Å². The summed E-state index contributed by atoms with van der Waals surface area (Å²) in [6, 6.07) is 21.0. The maximum absolute atomic E-state index is 12.3. The molecule has 1 atom stereocenters. The van der Waals surface area contributed by atoms with Crippen LogP contribution in [0.1, 0.15) is 44.7 Å². The van der Waals surface area contributed by atoms with Crippen LogP contribution in [0.5, 0.6) is 0 Å². The van der Waals surface area contributed by atoms with Gasteiger partial charge in [0.15, 0.2) is 5.96 Å². The SMILES string of the molecule is CCNC(=NCC(c1ccccc1)c1ccccc1)NCCS(=O)C(C)(C)C. The predicted octanol–water partition coefficient (Wildman–Crippen LogP) is 3.92. The Kier molecular flexibility index (Phi) is 8.71. The summed E-state index contributed by atoms with van der Waals surface area (Å²) in [4.78, 5) is 4.82. The van der Waals surface area contributed by atoms with Gasteiger partial charge in [0.05, 0.1) is 6.54 Å². The highest BCUT2D eigenvalue weighted by molar-refractivity contribution is 7.86. The summed E-state index contributed by atoms with van der Waals surface area (Å²) in [6.45, 7) is 10.1. The minimum absolute atomic E-state index is 0.192. The van der Waals surface area contributed by atoms with Crippen molar-refractivity contribution < 1.29 is 4.21 Å². The fourth-order valence-electron chi connectivity index (χ4n) is 2.87. The minimum Gasteiger partial charge on any atom is -0.357 e. The molecule has 0 bridgehead atoms. The van der Waals surface area contributed by atoms with Crippen molar-refractivity contribution in [2.45, 2.75) is 38.4 Å². The molecule has 5 heteroatoms. The highest BCUT2D eigenvalue weighted by Gasteiger charge is 2.19. The van der Waals surface area contributed by atoms with Crippen molar-refractivity contribution in [1.29, 1.82) is 0 Å². The largest absolute Gasteiger partial charge is 0.357 e. The lowest BCUT2D eigenvalue weighted by molar-refractivity contribution is 0.647. The van der Waals surface area contributed by atoms with E-state index in [2.05, 4.69) is 66.1 Å². The van der Waals surface area contributed by atoms with Gasteiger partial charge >= 0.3 is 0 Å². The number of aliphatic imine (C=N–C) groups is 1. The maximum Gasteiger partial charge on any atom is 0.191 e. The Bertz CT molecular complexity index is 715. The summed E-state index contributed by atoms with van der Waals surface area (Å²) in [5.74, 6) is 1.57. The second kappa shape index (κ2) is 11.0. The molecule has 28 heavy (non-hydrogen) atoms. The van der Waals surface area contributed by atoms with Crippen LogP contribution in [0.3, 0.4) is 0 Å². The van der Waals surface area contributed by atoms with E-state index in [1.807, 2.05) is 32.9 Å². The van der Waals surface area contributed by atoms with E-state index in [1.54, 1.807) is 0 Å². The molecule has 0 amide bonds. The van der Waals surface area contributed by atoms with E-state index in [-0.39, 0.29) is 10.7 Å². The van der Waals surface area contributed by atoms with Crippen LogP contribution < -0.4 is 10.6 Å². The molecule has 2 N–H and O–H groups in total. The van der Waals surface area contributed by atoms with Crippen LogP contribution in [0.2, 0.25) is 0 Å². The fraction of sp³-hybridized carbons (Fsp3) is 0.435. The van der Waals surface area contributed by atoms with Gasteiger partial charge in [0.2, 0.25) is 0 Å². The summed E-state index contributed by atoms with van der Waals surface area (Å²) in [6.07, 6.45) is 0. The molecule has 2 aromatic carbocycles. The van der Waals surface area contributed by atoms with Gasteiger partial charge in [-0.25, -0.2) is 0 Å². The Morgan fingerprint density at radius 2 is 1.50 bits per heavy atom. The maximum atomic E-state index is 12.3. The van der Waals surface area contributed by atoms with Crippen molar-refractivity contribution in [3.8, 4) is 0 Å². The molecule has 0 radical (unpaired) electrons. The van der Waals surface area contributed by atoms with Gasteiger partial charge in [0.1, 0.15) is 0 Å². The lowest BCUT2D eigenvalue weighted by Gasteiger charge is -2.19. The van der Waals surface area contributed by atoms with Crippen LogP contribution in [0.15, 0.2) is 65.7 Å². The average Bonchev–Trinajstić information content (AvgIpc) is 2.69. The quantitative estimate of drug-likeness (QED) is 0.522. The van der Waals surface area contributed by atoms with Crippen LogP contribution >= 0.6 is 0 Å². The molecule has 0 aliphatic carbocycles. The second-order valence-electron chi connectivity index (χ2n) is 7.68. The van der Waals surface area contributed by atoms with E-state index in [0.717, 1.165) is 12.5 Å². The second-order valence-corrected chi connectivity index (χ2v) is 10.0. The molecular formula is C23H33N3OS. The first-order valence-corrected chi connectivity index (χ1v) is 11.2. The molecule has 0 aliphatic rings. The van der Waals surface area contributed by atoms with Crippen LogP contribution in [0, 0.1) is 0 Å². The number of guanidine groups is 1. The number of hydrogen-bond donors (Lipinski definition) is 2. The third kappa shape index (κ3) is 7.12. The Labute approximate surface area is 172 Å². The third-order valence-electron chi connectivity index (χ3n) is 4.44. The molecule has 0 saturated heterocycles. The number of hydrogen-bond acceptors (Lipinski definition) is 2. The summed E-state index contributed by atoms with van der Waals surface area (Å²) in [5.41, 5.74) is 2.50. The van der Waals surface area contributed by atoms with E-state index < -0.39 is 10.8 Å². The van der Waals surface area contributed by atoms with E-state index in [4.69, 9.17) is 4.99 Å². The summed E-state index contributed by atoms with van der Waals surface area (Å²) >= 11 is 0. The van der Waals surface area contributed by atoms with Gasteiger partial charge < -0.3 is 10.6 Å². The lowest BCUT2D eigenvalue weighted by atomic mass is 9.91. The van der Waals surface area contributed by atoms with Gasteiger partial charge in [-0.3, -0.25) is 9.20 Å². The van der Waals surface area contributed by atoms with Crippen LogP contribution in [0.25, 0.3) is 0 Å². The first kappa shape index (κ1) is 22.2. The van der Waals surface area contributed by atoms with Gasteiger partial charge in [0, 0.05) is 40.3 Å². The molecule has 2 rings (SSSR count). The first-order chi connectivity index (χ1) is 13.4. The topological polar surface area (TPSA) is 53.5 Å². The molecule has 0 fully saturated rings. The van der Waals surface area contributed by atoms with Crippen molar-refractivity contribution in [3.63, 3.8) is 0 Å². The third-order valence-corrected chi connectivity index (χ3v) is 6.38. The zero-order valence-electron chi connectivity index (χ0n) is 17.4. The van der Waals surface area contributed by atoms with Crippen LogP contribution in [0.4, 0.5) is 0 Å². The van der Waals surface area contributed by atoms with Crippen molar-refractivity contribution >= 4 is 16.8 Å². The minimum atomic E-state index is -0.875. The summed E-state index contributed by atoms with van der Waals surface area (Å²) < 4.78 is 12.1. The first-order valence-electron chi connectivity index (χ1n) is 9.92. The molecule has 152 valence electrons. The predicted molar refractivity (Wildman–Crippen MR) is 121 cm³/mol. The molecule has 0 aliphatic heterocycles. The molecule has 4 nitrogen and oxygen atoms in total. The number of nitrogens with one attached hydrogen (secondary N) is 2. The monoisotopic (exact) mass is 399 g/mol. The number of rotatable bonds is 8. The Morgan fingerprint density at radius 3 is 1.96 bits per heavy atom. The van der Waals surface area contributed by atoms with Gasteiger partial charge in [-0.1, -0.05) is 60.7 Å². The Balaban J connectivity index is 2.10. The van der Waals surface area contributed by atoms with Gasteiger partial charge in [-0.05, 0) is 38.8 Å². The molecule has 0 aromatic heterocycles. The van der Waals surface area contributed by atoms with Crippen LogP contribution in [-0.2, 0) is 10.8 Å². The molecule has 0 saturated carbocycles. The standard InChI is InChI=1S/C23H33N3OS/c1-5-24-22(25-16-17-28(27)23(2,3)4)26-18-21(19-12-8-6-9-13-19)20-14-10-7-11-15-20/h6-15,21H,5,16-18H2,1-4H3,(H2,24,25,26). The van der Waals surface area contributed by atoms with Gasteiger partial charge in [0.25, 0.3) is 0 Å².